The van der Waals surface area contributed by atoms with E-state index in [0.717, 1.165) is 30.3 Å². The summed E-state index contributed by atoms with van der Waals surface area (Å²) in [5.41, 5.74) is 0. The molecular weight excluding hydrogens is 346 g/mol. The van der Waals surface area contributed by atoms with E-state index in [4.69, 9.17) is 0 Å². The van der Waals surface area contributed by atoms with Crippen LogP contribution in [0.4, 0.5) is 5.13 Å². The number of aromatic nitrogens is 2. The Labute approximate surface area is 149 Å². The quantitative estimate of drug-likeness (QED) is 0.805. The maximum absolute atomic E-state index is 13.0. The van der Waals surface area contributed by atoms with Gasteiger partial charge in [-0.25, -0.2) is 4.98 Å². The van der Waals surface area contributed by atoms with Crippen molar-refractivity contribution in [2.24, 2.45) is 11.8 Å². The van der Waals surface area contributed by atoms with Gasteiger partial charge in [-0.2, -0.15) is 21.4 Å². The SMILES string of the molecule is Cc1nsc(N2CCCN(S(=O)(=O)N3CC(C)CC(C)C3)CC2)n1. The molecule has 0 aliphatic carbocycles. The van der Waals surface area contributed by atoms with E-state index in [1.54, 1.807) is 8.61 Å². The molecular formula is C15H27N5O2S2. The van der Waals surface area contributed by atoms with Crippen molar-refractivity contribution in [2.75, 3.05) is 44.2 Å². The molecule has 0 N–H and O–H groups in total. The first-order valence-corrected chi connectivity index (χ1v) is 10.8. The number of nitrogens with zero attached hydrogens (tertiary/aromatic N) is 5. The molecule has 0 aromatic carbocycles. The highest BCUT2D eigenvalue weighted by Crippen LogP contribution is 2.26. The first-order chi connectivity index (χ1) is 11.4. The van der Waals surface area contributed by atoms with E-state index >= 15 is 0 Å². The summed E-state index contributed by atoms with van der Waals surface area (Å²) in [6.07, 6.45) is 1.92. The van der Waals surface area contributed by atoms with Crippen LogP contribution in [-0.2, 0) is 10.2 Å². The second-order valence-corrected chi connectivity index (χ2v) is 9.79. The molecule has 3 rings (SSSR count). The van der Waals surface area contributed by atoms with Crippen molar-refractivity contribution in [3.05, 3.63) is 5.82 Å². The summed E-state index contributed by atoms with van der Waals surface area (Å²) in [5.74, 6) is 1.63. The van der Waals surface area contributed by atoms with Crippen molar-refractivity contribution in [1.29, 1.82) is 0 Å². The summed E-state index contributed by atoms with van der Waals surface area (Å²) in [6.45, 7) is 10.0. The van der Waals surface area contributed by atoms with Gasteiger partial charge in [-0.05, 0) is 31.6 Å². The average Bonchev–Trinajstić information content (AvgIpc) is 2.79. The van der Waals surface area contributed by atoms with Crippen LogP contribution >= 0.6 is 11.5 Å². The van der Waals surface area contributed by atoms with Gasteiger partial charge in [0.05, 0.1) is 0 Å². The summed E-state index contributed by atoms with van der Waals surface area (Å²) in [6, 6.07) is 0. The van der Waals surface area contributed by atoms with Crippen LogP contribution in [-0.4, -0.2) is 65.7 Å². The molecule has 2 aliphatic heterocycles. The van der Waals surface area contributed by atoms with Gasteiger partial charge < -0.3 is 4.90 Å². The lowest BCUT2D eigenvalue weighted by atomic mass is 9.94. The number of aryl methyl sites for hydroxylation is 1. The predicted octanol–water partition coefficient (Wildman–Crippen LogP) is 1.58. The zero-order valence-corrected chi connectivity index (χ0v) is 16.3. The Hall–Kier alpha value is -0.770. The number of rotatable bonds is 3. The molecule has 9 heteroatoms. The molecule has 0 radical (unpaired) electrons. The van der Waals surface area contributed by atoms with Gasteiger partial charge in [-0.1, -0.05) is 13.8 Å². The third-order valence-corrected chi connectivity index (χ3v) is 7.57. The van der Waals surface area contributed by atoms with E-state index in [2.05, 4.69) is 28.1 Å². The summed E-state index contributed by atoms with van der Waals surface area (Å²) < 4.78 is 33.7. The first-order valence-electron chi connectivity index (χ1n) is 8.66. The molecule has 136 valence electrons. The van der Waals surface area contributed by atoms with Gasteiger partial charge in [-0.3, -0.25) is 0 Å². The van der Waals surface area contributed by atoms with Gasteiger partial charge in [0.15, 0.2) is 0 Å². The van der Waals surface area contributed by atoms with Gasteiger partial charge in [0, 0.05) is 50.8 Å². The zero-order valence-electron chi connectivity index (χ0n) is 14.7. The minimum atomic E-state index is -3.37. The third-order valence-electron chi connectivity index (χ3n) is 4.73. The Morgan fingerprint density at radius 1 is 1.04 bits per heavy atom. The van der Waals surface area contributed by atoms with Gasteiger partial charge in [0.25, 0.3) is 10.2 Å². The normalized spacial score (nSPS) is 28.0. The van der Waals surface area contributed by atoms with Crippen LogP contribution < -0.4 is 4.90 Å². The minimum Gasteiger partial charge on any atom is -0.345 e. The molecule has 2 fully saturated rings. The van der Waals surface area contributed by atoms with Crippen molar-refractivity contribution < 1.29 is 8.42 Å². The summed E-state index contributed by atoms with van der Waals surface area (Å²) in [4.78, 5) is 6.58. The molecule has 2 aliphatic rings. The van der Waals surface area contributed by atoms with E-state index in [-0.39, 0.29) is 0 Å². The Bertz CT molecular complexity index is 653. The van der Waals surface area contributed by atoms with E-state index in [9.17, 15) is 8.42 Å². The number of anilines is 1. The molecule has 1 aromatic rings. The fraction of sp³-hybridized carbons (Fsp3) is 0.867. The molecule has 0 saturated carbocycles. The van der Waals surface area contributed by atoms with Crippen molar-refractivity contribution in [3.8, 4) is 0 Å². The Morgan fingerprint density at radius 2 is 1.75 bits per heavy atom. The lowest BCUT2D eigenvalue weighted by Crippen LogP contribution is -2.50. The highest BCUT2D eigenvalue weighted by atomic mass is 32.2. The number of piperidine rings is 1. The molecule has 2 atom stereocenters. The highest BCUT2D eigenvalue weighted by molar-refractivity contribution is 7.86. The maximum atomic E-state index is 13.0. The fourth-order valence-electron chi connectivity index (χ4n) is 3.69. The van der Waals surface area contributed by atoms with Crippen LogP contribution in [0.15, 0.2) is 0 Å². The molecule has 0 spiro atoms. The number of hydrogen-bond donors (Lipinski definition) is 0. The van der Waals surface area contributed by atoms with Crippen LogP contribution in [0.5, 0.6) is 0 Å². The molecule has 0 amide bonds. The minimum absolute atomic E-state index is 0.427. The lowest BCUT2D eigenvalue weighted by molar-refractivity contribution is 0.209. The summed E-state index contributed by atoms with van der Waals surface area (Å²) in [7, 11) is -3.37. The average molecular weight is 374 g/mol. The monoisotopic (exact) mass is 373 g/mol. The molecule has 24 heavy (non-hydrogen) atoms. The van der Waals surface area contributed by atoms with Gasteiger partial charge in [0.2, 0.25) is 5.13 Å². The molecule has 1 aromatic heterocycles. The molecule has 7 nitrogen and oxygen atoms in total. The van der Waals surface area contributed by atoms with Crippen LogP contribution in [0.2, 0.25) is 0 Å². The Balaban J connectivity index is 1.68. The molecule has 0 bridgehead atoms. The second kappa shape index (κ2) is 7.23. The van der Waals surface area contributed by atoms with Gasteiger partial charge in [0.1, 0.15) is 5.82 Å². The smallest absolute Gasteiger partial charge is 0.282 e. The molecule has 2 unspecified atom stereocenters. The standard InChI is InChI=1S/C15H27N5O2S2/c1-12-9-13(2)11-20(10-12)24(21,22)19-6-4-5-18(7-8-19)15-16-14(3)17-23-15/h12-13H,4-11H2,1-3H3. The van der Waals surface area contributed by atoms with Crippen LogP contribution in [0.3, 0.4) is 0 Å². The lowest BCUT2D eigenvalue weighted by Gasteiger charge is -2.37. The van der Waals surface area contributed by atoms with Crippen molar-refractivity contribution in [2.45, 2.75) is 33.6 Å². The summed E-state index contributed by atoms with van der Waals surface area (Å²) >= 11 is 1.39. The fourth-order valence-corrected chi connectivity index (χ4v) is 6.30. The van der Waals surface area contributed by atoms with Crippen LogP contribution in [0, 0.1) is 18.8 Å². The van der Waals surface area contributed by atoms with Gasteiger partial charge in [-0.15, -0.1) is 0 Å². The zero-order chi connectivity index (χ0) is 17.3. The predicted molar refractivity (Wildman–Crippen MR) is 96.5 cm³/mol. The molecule has 2 saturated heterocycles. The van der Waals surface area contributed by atoms with Crippen molar-refractivity contribution in [3.63, 3.8) is 0 Å². The topological polar surface area (TPSA) is 69.6 Å². The van der Waals surface area contributed by atoms with Crippen LogP contribution in [0.25, 0.3) is 0 Å². The van der Waals surface area contributed by atoms with E-state index in [1.165, 1.54) is 11.5 Å². The first kappa shape index (κ1) is 18.0. The van der Waals surface area contributed by atoms with Crippen molar-refractivity contribution in [1.82, 2.24) is 18.0 Å². The Kier molecular flexibility index (Phi) is 5.43. The molecule has 3 heterocycles. The van der Waals surface area contributed by atoms with Crippen molar-refractivity contribution >= 4 is 26.9 Å². The van der Waals surface area contributed by atoms with E-state index in [1.807, 2.05) is 6.92 Å². The van der Waals surface area contributed by atoms with E-state index < -0.39 is 10.2 Å². The Morgan fingerprint density at radius 3 is 2.38 bits per heavy atom. The largest absolute Gasteiger partial charge is 0.345 e. The van der Waals surface area contributed by atoms with Crippen LogP contribution in [0.1, 0.15) is 32.5 Å². The van der Waals surface area contributed by atoms with E-state index in [0.29, 0.717) is 44.6 Å². The van der Waals surface area contributed by atoms with Gasteiger partial charge >= 0.3 is 0 Å². The maximum Gasteiger partial charge on any atom is 0.282 e. The highest BCUT2D eigenvalue weighted by Gasteiger charge is 2.35. The number of hydrogen-bond acceptors (Lipinski definition) is 6. The third kappa shape index (κ3) is 3.89. The summed E-state index contributed by atoms with van der Waals surface area (Å²) in [5, 5.41) is 0.895. The second-order valence-electron chi connectivity index (χ2n) is 7.13.